The standard InChI is InChI=1S/C30H38ClN3O4S/c1-7-9-12-18-34(28(36)24(19-39)32-29(37)38-30(4,5)6)26(22-16-11-10-15-21(22)8-2)27(35)33-25-20(3)14-13-17-23(25)31/h2,10-11,13-17,24,26,39H,7,9,12,18-19H2,1,3-6H3,(H,32,37)(H,33,35). The zero-order valence-corrected chi connectivity index (χ0v) is 24.9. The SMILES string of the molecule is C#Cc1ccccc1C(C(=O)Nc1c(C)cccc1Cl)N(CCCCC)C(=O)C(CS)NC(=O)OC(C)(C)C. The van der Waals surface area contributed by atoms with Crippen LogP contribution in [0.2, 0.25) is 5.02 Å². The van der Waals surface area contributed by atoms with Crippen molar-refractivity contribution in [3.05, 3.63) is 64.2 Å². The summed E-state index contributed by atoms with van der Waals surface area (Å²) < 4.78 is 5.36. The lowest BCUT2D eigenvalue weighted by molar-refractivity contribution is -0.140. The molecule has 3 amide bonds. The Bertz CT molecular complexity index is 1190. The summed E-state index contributed by atoms with van der Waals surface area (Å²) in [5.74, 6) is 1.67. The van der Waals surface area contributed by atoms with E-state index in [1.165, 1.54) is 4.90 Å². The molecule has 2 N–H and O–H groups in total. The third-order valence-corrected chi connectivity index (χ3v) is 6.58. The van der Waals surface area contributed by atoms with Crippen LogP contribution in [0.4, 0.5) is 10.5 Å². The number of halogens is 1. The predicted molar refractivity (Wildman–Crippen MR) is 160 cm³/mol. The minimum atomic E-state index is -1.10. The second kappa shape index (κ2) is 14.9. The van der Waals surface area contributed by atoms with Gasteiger partial charge in [0.2, 0.25) is 5.91 Å². The van der Waals surface area contributed by atoms with Gasteiger partial charge in [0.05, 0.1) is 10.7 Å². The first-order valence-corrected chi connectivity index (χ1v) is 14.0. The Morgan fingerprint density at radius 1 is 1.13 bits per heavy atom. The maximum atomic E-state index is 14.0. The molecule has 0 heterocycles. The Labute approximate surface area is 242 Å². The molecule has 2 aromatic carbocycles. The van der Waals surface area contributed by atoms with E-state index in [-0.39, 0.29) is 12.3 Å². The molecule has 0 aliphatic rings. The van der Waals surface area contributed by atoms with E-state index in [9.17, 15) is 14.4 Å². The first-order chi connectivity index (χ1) is 18.4. The van der Waals surface area contributed by atoms with Crippen molar-refractivity contribution < 1.29 is 19.1 Å². The number of alkyl carbamates (subject to hydrolysis) is 1. The fourth-order valence-electron chi connectivity index (χ4n) is 4.03. The van der Waals surface area contributed by atoms with Gasteiger partial charge in [-0.15, -0.1) is 6.42 Å². The highest BCUT2D eigenvalue weighted by atomic mass is 35.5. The van der Waals surface area contributed by atoms with Gasteiger partial charge in [-0.25, -0.2) is 4.79 Å². The van der Waals surface area contributed by atoms with E-state index in [1.807, 2.05) is 19.9 Å². The van der Waals surface area contributed by atoms with Crippen molar-refractivity contribution in [1.29, 1.82) is 0 Å². The van der Waals surface area contributed by atoms with Gasteiger partial charge in [0.1, 0.15) is 17.7 Å². The van der Waals surface area contributed by atoms with Crippen LogP contribution in [0, 0.1) is 19.3 Å². The number of thiol groups is 1. The van der Waals surface area contributed by atoms with Crippen molar-refractivity contribution in [2.45, 2.75) is 71.6 Å². The largest absolute Gasteiger partial charge is 0.444 e. The number of nitrogens with zero attached hydrogens (tertiary/aromatic N) is 1. The lowest BCUT2D eigenvalue weighted by Crippen LogP contribution is -2.53. The zero-order valence-electron chi connectivity index (χ0n) is 23.2. The van der Waals surface area contributed by atoms with Gasteiger partial charge in [-0.05, 0) is 57.4 Å². The number of carbonyl (C=O) groups is 3. The molecule has 0 fully saturated rings. The zero-order chi connectivity index (χ0) is 29.2. The number of aryl methyl sites for hydroxylation is 1. The van der Waals surface area contributed by atoms with Crippen LogP contribution < -0.4 is 10.6 Å². The van der Waals surface area contributed by atoms with Crippen LogP contribution >= 0.6 is 24.2 Å². The lowest BCUT2D eigenvalue weighted by Gasteiger charge is -2.35. The number of para-hydroxylation sites is 1. The van der Waals surface area contributed by atoms with Gasteiger partial charge < -0.3 is 20.3 Å². The number of anilines is 1. The first-order valence-electron chi connectivity index (χ1n) is 13.0. The van der Waals surface area contributed by atoms with Crippen LogP contribution in [-0.4, -0.2) is 46.7 Å². The summed E-state index contributed by atoms with van der Waals surface area (Å²) >= 11 is 10.7. The van der Waals surface area contributed by atoms with Gasteiger partial charge in [-0.2, -0.15) is 12.6 Å². The molecule has 9 heteroatoms. The second-order valence-electron chi connectivity index (χ2n) is 10.2. The van der Waals surface area contributed by atoms with Gasteiger partial charge in [0, 0.05) is 17.9 Å². The minimum Gasteiger partial charge on any atom is -0.444 e. The van der Waals surface area contributed by atoms with Crippen LogP contribution in [0.3, 0.4) is 0 Å². The molecular formula is C30H38ClN3O4S. The average molecular weight is 572 g/mol. The normalized spacial score (nSPS) is 12.6. The highest BCUT2D eigenvalue weighted by Crippen LogP contribution is 2.31. The summed E-state index contributed by atoms with van der Waals surface area (Å²) in [6.45, 7) is 9.33. The first kappa shape index (κ1) is 32.1. The third kappa shape index (κ3) is 9.22. The predicted octanol–water partition coefficient (Wildman–Crippen LogP) is 6.15. The molecular weight excluding hydrogens is 534 g/mol. The molecule has 0 aliphatic carbocycles. The summed E-state index contributed by atoms with van der Waals surface area (Å²) in [7, 11) is 0. The number of benzene rings is 2. The fourth-order valence-corrected chi connectivity index (χ4v) is 4.55. The number of carbonyl (C=O) groups excluding carboxylic acids is 3. The lowest BCUT2D eigenvalue weighted by atomic mass is 9.97. The van der Waals surface area contributed by atoms with E-state index in [4.69, 9.17) is 22.8 Å². The third-order valence-electron chi connectivity index (χ3n) is 5.90. The Kier molecular flexibility index (Phi) is 12.2. The molecule has 0 aromatic heterocycles. The molecule has 0 bridgehead atoms. The van der Waals surface area contributed by atoms with Crippen molar-refractivity contribution >= 4 is 47.8 Å². The van der Waals surface area contributed by atoms with Crippen molar-refractivity contribution in [2.24, 2.45) is 0 Å². The van der Waals surface area contributed by atoms with Crippen molar-refractivity contribution in [2.75, 3.05) is 17.6 Å². The van der Waals surface area contributed by atoms with Gasteiger partial charge in [-0.1, -0.05) is 67.6 Å². The van der Waals surface area contributed by atoms with E-state index >= 15 is 0 Å². The second-order valence-corrected chi connectivity index (χ2v) is 10.9. The molecule has 0 saturated heterocycles. The van der Waals surface area contributed by atoms with Crippen LogP contribution in [0.15, 0.2) is 42.5 Å². The summed E-state index contributed by atoms with van der Waals surface area (Å²) in [6, 6.07) is 10.2. The topological polar surface area (TPSA) is 87.7 Å². The Morgan fingerprint density at radius 3 is 2.41 bits per heavy atom. The number of rotatable bonds is 11. The molecule has 210 valence electrons. The Balaban J connectivity index is 2.59. The molecule has 0 spiro atoms. The summed E-state index contributed by atoms with van der Waals surface area (Å²) in [5.41, 5.74) is 1.43. The van der Waals surface area contributed by atoms with E-state index in [2.05, 4.69) is 29.2 Å². The van der Waals surface area contributed by atoms with Gasteiger partial charge in [0.25, 0.3) is 5.91 Å². The molecule has 0 radical (unpaired) electrons. The number of ether oxygens (including phenoxy) is 1. The quantitative estimate of drug-likeness (QED) is 0.171. The fraction of sp³-hybridized carbons (Fsp3) is 0.433. The summed E-state index contributed by atoms with van der Waals surface area (Å²) in [5, 5.41) is 5.90. The minimum absolute atomic E-state index is 0.00288. The van der Waals surface area contributed by atoms with Crippen LogP contribution in [0.1, 0.15) is 69.7 Å². The molecule has 2 unspecified atom stereocenters. The number of hydrogen-bond acceptors (Lipinski definition) is 5. The van der Waals surface area contributed by atoms with Gasteiger partial charge in [0.15, 0.2) is 0 Å². The number of nitrogens with one attached hydrogen (secondary N) is 2. The van der Waals surface area contributed by atoms with Gasteiger partial charge >= 0.3 is 6.09 Å². The molecule has 39 heavy (non-hydrogen) atoms. The van der Waals surface area contributed by atoms with Crippen molar-refractivity contribution in [3.8, 4) is 12.3 Å². The number of unbranched alkanes of at least 4 members (excludes halogenated alkanes) is 2. The molecule has 2 atom stereocenters. The summed E-state index contributed by atoms with van der Waals surface area (Å²) in [4.78, 5) is 42.1. The van der Waals surface area contributed by atoms with Crippen molar-refractivity contribution in [3.63, 3.8) is 0 Å². The smallest absolute Gasteiger partial charge is 0.408 e. The highest BCUT2D eigenvalue weighted by molar-refractivity contribution is 7.80. The number of hydrogen-bond donors (Lipinski definition) is 3. The van der Waals surface area contributed by atoms with E-state index < -0.39 is 35.6 Å². The maximum Gasteiger partial charge on any atom is 0.408 e. The van der Waals surface area contributed by atoms with Crippen LogP contribution in [0.25, 0.3) is 0 Å². The molecule has 2 rings (SSSR count). The van der Waals surface area contributed by atoms with E-state index in [1.54, 1.807) is 57.2 Å². The van der Waals surface area contributed by atoms with Crippen LogP contribution in [0.5, 0.6) is 0 Å². The van der Waals surface area contributed by atoms with Crippen LogP contribution in [-0.2, 0) is 14.3 Å². The Hall–Kier alpha value is -3.15. The Morgan fingerprint density at radius 2 is 1.82 bits per heavy atom. The average Bonchev–Trinajstić information content (AvgIpc) is 2.87. The maximum absolute atomic E-state index is 14.0. The van der Waals surface area contributed by atoms with Crippen molar-refractivity contribution in [1.82, 2.24) is 10.2 Å². The monoisotopic (exact) mass is 571 g/mol. The molecule has 7 nitrogen and oxygen atoms in total. The molecule has 0 aliphatic heterocycles. The summed E-state index contributed by atoms with van der Waals surface area (Å²) in [6.07, 6.45) is 7.44. The highest BCUT2D eigenvalue weighted by Gasteiger charge is 2.37. The molecule has 0 saturated carbocycles. The number of amides is 3. The number of terminal acetylenes is 1. The van der Waals surface area contributed by atoms with E-state index in [0.29, 0.717) is 28.3 Å². The van der Waals surface area contributed by atoms with E-state index in [0.717, 1.165) is 18.4 Å². The van der Waals surface area contributed by atoms with Gasteiger partial charge in [-0.3, -0.25) is 9.59 Å². The molecule has 2 aromatic rings.